The standard InChI is InChI=1S/C19H21N3O4/c1-23-15-6-5-11(7-14(15)20)13-10-21-22-18(13)12-8-16(24-2)19(26-4)17(9-12)25-3/h5-10H,20H2,1-4H3,(H,21,22). The monoisotopic (exact) mass is 355 g/mol. The zero-order chi connectivity index (χ0) is 18.7. The SMILES string of the molecule is COc1ccc(-c2c[nH]nc2-c2cc(OC)c(OC)c(OC)c2)cc1N. The van der Waals surface area contributed by atoms with Gasteiger partial charge in [-0.2, -0.15) is 5.10 Å². The van der Waals surface area contributed by atoms with E-state index < -0.39 is 0 Å². The topological polar surface area (TPSA) is 91.6 Å². The van der Waals surface area contributed by atoms with E-state index in [1.807, 2.05) is 36.5 Å². The highest BCUT2D eigenvalue weighted by molar-refractivity contribution is 5.84. The zero-order valence-corrected chi connectivity index (χ0v) is 15.1. The van der Waals surface area contributed by atoms with Gasteiger partial charge in [0.25, 0.3) is 0 Å². The van der Waals surface area contributed by atoms with Gasteiger partial charge < -0.3 is 24.7 Å². The molecule has 7 heteroatoms. The summed E-state index contributed by atoms with van der Waals surface area (Å²) in [5.41, 5.74) is 9.98. The first-order valence-electron chi connectivity index (χ1n) is 7.91. The number of methoxy groups -OCH3 is 4. The highest BCUT2D eigenvalue weighted by Crippen LogP contribution is 2.43. The summed E-state index contributed by atoms with van der Waals surface area (Å²) < 4.78 is 21.5. The van der Waals surface area contributed by atoms with Gasteiger partial charge in [-0.25, -0.2) is 0 Å². The van der Waals surface area contributed by atoms with Gasteiger partial charge in [-0.3, -0.25) is 5.10 Å². The average Bonchev–Trinajstić information content (AvgIpc) is 3.16. The van der Waals surface area contributed by atoms with Crippen molar-refractivity contribution in [2.45, 2.75) is 0 Å². The summed E-state index contributed by atoms with van der Waals surface area (Å²) in [6, 6.07) is 9.32. The smallest absolute Gasteiger partial charge is 0.203 e. The normalized spacial score (nSPS) is 10.5. The lowest BCUT2D eigenvalue weighted by atomic mass is 10.0. The number of aromatic amines is 1. The molecule has 3 rings (SSSR count). The molecule has 0 saturated heterocycles. The third kappa shape index (κ3) is 2.99. The molecular weight excluding hydrogens is 334 g/mol. The molecule has 3 aromatic rings. The van der Waals surface area contributed by atoms with Gasteiger partial charge in [-0.1, -0.05) is 6.07 Å². The van der Waals surface area contributed by atoms with Crippen LogP contribution in [0.5, 0.6) is 23.0 Å². The van der Waals surface area contributed by atoms with Crippen molar-refractivity contribution >= 4 is 5.69 Å². The molecule has 0 aliphatic carbocycles. The maximum absolute atomic E-state index is 6.04. The quantitative estimate of drug-likeness (QED) is 0.659. The van der Waals surface area contributed by atoms with Crippen LogP contribution in [0.4, 0.5) is 5.69 Å². The minimum atomic E-state index is 0.532. The van der Waals surface area contributed by atoms with Crippen LogP contribution in [0.1, 0.15) is 0 Å². The number of hydrogen-bond donors (Lipinski definition) is 2. The number of nitrogens with zero attached hydrogens (tertiary/aromatic N) is 1. The van der Waals surface area contributed by atoms with Crippen molar-refractivity contribution in [3.05, 3.63) is 36.5 Å². The number of ether oxygens (including phenoxy) is 4. The van der Waals surface area contributed by atoms with Crippen molar-refractivity contribution in [2.24, 2.45) is 0 Å². The summed E-state index contributed by atoms with van der Waals surface area (Å²) in [5, 5.41) is 7.30. The molecule has 26 heavy (non-hydrogen) atoms. The molecule has 1 heterocycles. The lowest BCUT2D eigenvalue weighted by molar-refractivity contribution is 0.324. The summed E-state index contributed by atoms with van der Waals surface area (Å²) in [6.45, 7) is 0. The van der Waals surface area contributed by atoms with Crippen molar-refractivity contribution in [1.82, 2.24) is 10.2 Å². The molecule has 0 atom stereocenters. The number of nitrogens with one attached hydrogen (secondary N) is 1. The molecule has 0 fully saturated rings. The lowest BCUT2D eigenvalue weighted by Gasteiger charge is -2.14. The van der Waals surface area contributed by atoms with Crippen molar-refractivity contribution < 1.29 is 18.9 Å². The van der Waals surface area contributed by atoms with Crippen molar-refractivity contribution in [2.75, 3.05) is 34.2 Å². The Labute approximate surface area is 151 Å². The summed E-state index contributed by atoms with van der Waals surface area (Å²) in [7, 11) is 6.32. The van der Waals surface area contributed by atoms with Crippen LogP contribution in [0.25, 0.3) is 22.4 Å². The number of rotatable bonds is 6. The van der Waals surface area contributed by atoms with Gasteiger partial charge in [-0.15, -0.1) is 0 Å². The van der Waals surface area contributed by atoms with E-state index in [2.05, 4.69) is 10.2 Å². The van der Waals surface area contributed by atoms with Crippen LogP contribution in [-0.2, 0) is 0 Å². The molecule has 0 unspecified atom stereocenters. The van der Waals surface area contributed by atoms with Crippen LogP contribution < -0.4 is 24.7 Å². The Bertz CT molecular complexity index is 896. The maximum atomic E-state index is 6.04. The first kappa shape index (κ1) is 17.5. The number of anilines is 1. The van der Waals surface area contributed by atoms with E-state index in [4.69, 9.17) is 24.7 Å². The molecule has 0 aliphatic rings. The third-order valence-corrected chi connectivity index (χ3v) is 4.12. The number of nitrogens with two attached hydrogens (primary N) is 1. The van der Waals surface area contributed by atoms with Crippen LogP contribution in [0.2, 0.25) is 0 Å². The number of aromatic nitrogens is 2. The van der Waals surface area contributed by atoms with Gasteiger partial charge in [0.15, 0.2) is 11.5 Å². The van der Waals surface area contributed by atoms with Crippen LogP contribution in [0, 0.1) is 0 Å². The minimum Gasteiger partial charge on any atom is -0.495 e. The number of hydrogen-bond acceptors (Lipinski definition) is 6. The second-order valence-corrected chi connectivity index (χ2v) is 5.52. The summed E-state index contributed by atoms with van der Waals surface area (Å²) in [6.07, 6.45) is 1.82. The number of H-pyrrole nitrogens is 1. The fraction of sp³-hybridized carbons (Fsp3) is 0.211. The molecule has 0 aliphatic heterocycles. The van der Waals surface area contributed by atoms with Crippen LogP contribution >= 0.6 is 0 Å². The molecule has 136 valence electrons. The van der Waals surface area contributed by atoms with Crippen LogP contribution in [-0.4, -0.2) is 38.6 Å². The summed E-state index contributed by atoms with van der Waals surface area (Å²) in [4.78, 5) is 0. The van der Waals surface area contributed by atoms with E-state index in [0.717, 1.165) is 22.4 Å². The highest BCUT2D eigenvalue weighted by Gasteiger charge is 2.18. The van der Waals surface area contributed by atoms with Gasteiger partial charge in [0.2, 0.25) is 5.75 Å². The summed E-state index contributed by atoms with van der Waals surface area (Å²) >= 11 is 0. The largest absolute Gasteiger partial charge is 0.495 e. The van der Waals surface area contributed by atoms with E-state index >= 15 is 0 Å². The molecule has 0 saturated carbocycles. The van der Waals surface area contributed by atoms with Gasteiger partial charge in [-0.05, 0) is 29.8 Å². The van der Waals surface area contributed by atoms with E-state index in [1.54, 1.807) is 28.4 Å². The Morgan fingerprint density at radius 1 is 0.808 bits per heavy atom. The Morgan fingerprint density at radius 3 is 2.00 bits per heavy atom. The van der Waals surface area contributed by atoms with Gasteiger partial charge in [0, 0.05) is 17.3 Å². The van der Waals surface area contributed by atoms with Gasteiger partial charge >= 0.3 is 0 Å². The maximum Gasteiger partial charge on any atom is 0.203 e. The van der Waals surface area contributed by atoms with E-state index in [-0.39, 0.29) is 0 Å². The molecule has 2 aromatic carbocycles. The lowest BCUT2D eigenvalue weighted by Crippen LogP contribution is -1.96. The fourth-order valence-corrected chi connectivity index (χ4v) is 2.85. The van der Waals surface area contributed by atoms with E-state index in [9.17, 15) is 0 Å². The molecule has 7 nitrogen and oxygen atoms in total. The van der Waals surface area contributed by atoms with Crippen LogP contribution in [0.15, 0.2) is 36.5 Å². The van der Waals surface area contributed by atoms with Crippen molar-refractivity contribution in [3.8, 4) is 45.4 Å². The first-order valence-corrected chi connectivity index (χ1v) is 7.91. The predicted octanol–water partition coefficient (Wildman–Crippen LogP) is 3.36. The van der Waals surface area contributed by atoms with Gasteiger partial charge in [0.05, 0.1) is 34.1 Å². The molecule has 0 radical (unpaired) electrons. The Kier molecular flexibility index (Phi) is 4.88. The average molecular weight is 355 g/mol. The molecular formula is C19H21N3O4. The molecule has 1 aromatic heterocycles. The zero-order valence-electron chi connectivity index (χ0n) is 15.1. The van der Waals surface area contributed by atoms with E-state index in [1.165, 1.54) is 0 Å². The van der Waals surface area contributed by atoms with Gasteiger partial charge in [0.1, 0.15) is 11.4 Å². The molecule has 0 bridgehead atoms. The predicted molar refractivity (Wildman–Crippen MR) is 100 cm³/mol. The van der Waals surface area contributed by atoms with Crippen LogP contribution in [0.3, 0.4) is 0 Å². The Hall–Kier alpha value is -3.35. The molecule has 0 spiro atoms. The Morgan fingerprint density at radius 2 is 1.46 bits per heavy atom. The number of nitrogen functional groups attached to an aromatic ring is 1. The Balaban J connectivity index is 2.13. The molecule has 0 amide bonds. The highest BCUT2D eigenvalue weighted by atomic mass is 16.5. The third-order valence-electron chi connectivity index (χ3n) is 4.12. The van der Waals surface area contributed by atoms with E-state index in [0.29, 0.717) is 28.7 Å². The molecule has 3 N–H and O–H groups in total. The minimum absolute atomic E-state index is 0.532. The fourth-order valence-electron chi connectivity index (χ4n) is 2.85. The summed E-state index contributed by atoms with van der Waals surface area (Å²) in [5.74, 6) is 2.28. The second-order valence-electron chi connectivity index (χ2n) is 5.52. The second kappa shape index (κ2) is 7.26. The first-order chi connectivity index (χ1) is 12.6. The number of benzene rings is 2. The van der Waals surface area contributed by atoms with Crippen molar-refractivity contribution in [1.29, 1.82) is 0 Å². The van der Waals surface area contributed by atoms with Crippen molar-refractivity contribution in [3.63, 3.8) is 0 Å².